The summed E-state index contributed by atoms with van der Waals surface area (Å²) < 4.78 is 1.59. The Hall–Kier alpha value is -4.56. The summed E-state index contributed by atoms with van der Waals surface area (Å²) in [6.07, 6.45) is 4.27. The second kappa shape index (κ2) is 11.0. The minimum Gasteiger partial charge on any atom is -0.335 e. The van der Waals surface area contributed by atoms with Crippen LogP contribution in [0.5, 0.6) is 0 Å². The van der Waals surface area contributed by atoms with Crippen LogP contribution < -0.4 is 0 Å². The van der Waals surface area contributed by atoms with Crippen molar-refractivity contribution in [3.63, 3.8) is 0 Å². The maximum Gasteiger partial charge on any atom is 0.272 e. The fraction of sp³-hybridized carbons (Fsp3) is 0.172. The second-order valence-corrected chi connectivity index (χ2v) is 8.87. The first-order valence-corrected chi connectivity index (χ1v) is 12.2. The Bertz CT molecular complexity index is 1390. The minimum absolute atomic E-state index is 0.00972. The van der Waals surface area contributed by atoms with Gasteiger partial charge in [0, 0.05) is 50.4 Å². The lowest BCUT2D eigenvalue weighted by atomic mass is 10.1. The highest BCUT2D eigenvalue weighted by Gasteiger charge is 2.26. The van der Waals surface area contributed by atoms with Gasteiger partial charge in [0.1, 0.15) is 5.69 Å². The van der Waals surface area contributed by atoms with Gasteiger partial charge in [0.15, 0.2) is 0 Å². The quantitative estimate of drug-likeness (QED) is 0.270. The minimum atomic E-state index is -0.442. The topological polar surface area (TPSA) is 84.5 Å². The number of carbonyl (C=O) groups excluding carboxylic acids is 1. The third-order valence-electron chi connectivity index (χ3n) is 6.44. The summed E-state index contributed by atoms with van der Waals surface area (Å²) in [5, 5.41) is 15.8. The lowest BCUT2D eigenvalue weighted by Gasteiger charge is -2.34. The van der Waals surface area contributed by atoms with E-state index in [0.717, 1.165) is 25.2 Å². The summed E-state index contributed by atoms with van der Waals surface area (Å²) in [7, 11) is 0. The standard InChI is InChI=1S/C29H27N5O3/c35-29(32-20-18-31(19-21-32)17-7-10-23-8-3-1-4-9-23)28-22-27(24-11-5-2-6-12-24)30-33(28)25-13-15-26(16-14-25)34(36)37/h1-16,22H,17-21H2. The van der Waals surface area contributed by atoms with Gasteiger partial charge in [-0.05, 0) is 23.8 Å². The number of non-ortho nitro benzene ring substituents is 1. The molecule has 0 aliphatic carbocycles. The van der Waals surface area contributed by atoms with E-state index in [0.29, 0.717) is 30.2 Å². The average molecular weight is 494 g/mol. The van der Waals surface area contributed by atoms with E-state index >= 15 is 0 Å². The van der Waals surface area contributed by atoms with Crippen LogP contribution in [0.4, 0.5) is 5.69 Å². The number of benzene rings is 3. The molecule has 1 aromatic heterocycles. The number of rotatable bonds is 7. The predicted molar refractivity (Wildman–Crippen MR) is 143 cm³/mol. The van der Waals surface area contributed by atoms with Crippen LogP contribution >= 0.6 is 0 Å². The number of piperazine rings is 1. The maximum absolute atomic E-state index is 13.6. The summed E-state index contributed by atoms with van der Waals surface area (Å²) in [5.41, 5.74) is 3.76. The highest BCUT2D eigenvalue weighted by Crippen LogP contribution is 2.24. The van der Waals surface area contributed by atoms with Crippen molar-refractivity contribution in [2.24, 2.45) is 0 Å². The third kappa shape index (κ3) is 5.65. The van der Waals surface area contributed by atoms with Gasteiger partial charge < -0.3 is 4.90 Å². The first-order chi connectivity index (χ1) is 18.1. The van der Waals surface area contributed by atoms with Crippen LogP contribution in [0.2, 0.25) is 0 Å². The Morgan fingerprint density at radius 2 is 1.54 bits per heavy atom. The number of amides is 1. The summed E-state index contributed by atoms with van der Waals surface area (Å²) in [6.45, 7) is 3.62. The highest BCUT2D eigenvalue weighted by atomic mass is 16.6. The molecule has 3 aromatic carbocycles. The molecule has 1 aliphatic heterocycles. The van der Waals surface area contributed by atoms with E-state index in [1.165, 1.54) is 17.7 Å². The molecule has 0 bridgehead atoms. The monoisotopic (exact) mass is 493 g/mol. The van der Waals surface area contributed by atoms with Gasteiger partial charge in [0.05, 0.1) is 16.3 Å². The molecule has 0 N–H and O–H groups in total. The summed E-state index contributed by atoms with van der Waals surface area (Å²) in [6, 6.07) is 27.7. The molecule has 0 spiro atoms. The molecule has 0 saturated carbocycles. The van der Waals surface area contributed by atoms with Crippen LogP contribution in [0.1, 0.15) is 16.1 Å². The number of aromatic nitrogens is 2. The first-order valence-electron chi connectivity index (χ1n) is 12.2. The molecule has 1 saturated heterocycles. The van der Waals surface area contributed by atoms with Crippen LogP contribution in [0.3, 0.4) is 0 Å². The SMILES string of the molecule is O=C(c1cc(-c2ccccc2)nn1-c1ccc([N+](=O)[O-])cc1)N1CCN(CC=Cc2ccccc2)CC1. The molecule has 186 valence electrons. The summed E-state index contributed by atoms with van der Waals surface area (Å²) in [5.74, 6) is -0.104. The Morgan fingerprint density at radius 1 is 0.892 bits per heavy atom. The number of carbonyl (C=O) groups is 1. The zero-order chi connectivity index (χ0) is 25.6. The van der Waals surface area contributed by atoms with Crippen LogP contribution in [0.15, 0.2) is 97.1 Å². The van der Waals surface area contributed by atoms with Crippen molar-refractivity contribution in [2.75, 3.05) is 32.7 Å². The third-order valence-corrected chi connectivity index (χ3v) is 6.44. The first kappa shape index (κ1) is 24.1. The lowest BCUT2D eigenvalue weighted by molar-refractivity contribution is -0.384. The molecule has 4 aromatic rings. The molecule has 5 rings (SSSR count). The van der Waals surface area contributed by atoms with Crippen LogP contribution in [-0.2, 0) is 0 Å². The number of hydrogen-bond donors (Lipinski definition) is 0. The number of nitro benzene ring substituents is 1. The van der Waals surface area contributed by atoms with Gasteiger partial charge in [-0.15, -0.1) is 0 Å². The van der Waals surface area contributed by atoms with E-state index in [4.69, 9.17) is 5.10 Å². The average Bonchev–Trinajstić information content (AvgIpc) is 3.40. The number of hydrogen-bond acceptors (Lipinski definition) is 5. The molecular weight excluding hydrogens is 466 g/mol. The van der Waals surface area contributed by atoms with Crippen molar-refractivity contribution in [2.45, 2.75) is 0 Å². The van der Waals surface area contributed by atoms with Gasteiger partial charge in [-0.2, -0.15) is 5.10 Å². The molecule has 1 aliphatic rings. The summed E-state index contributed by atoms with van der Waals surface area (Å²) in [4.78, 5) is 28.5. The zero-order valence-corrected chi connectivity index (χ0v) is 20.3. The summed E-state index contributed by atoms with van der Waals surface area (Å²) >= 11 is 0. The van der Waals surface area contributed by atoms with E-state index in [1.807, 2.05) is 53.4 Å². The van der Waals surface area contributed by atoms with Crippen LogP contribution in [0.25, 0.3) is 23.0 Å². The number of nitrogens with zero attached hydrogens (tertiary/aromatic N) is 5. The largest absolute Gasteiger partial charge is 0.335 e. The fourth-order valence-corrected chi connectivity index (χ4v) is 4.39. The molecule has 1 amide bonds. The van der Waals surface area contributed by atoms with E-state index in [-0.39, 0.29) is 11.6 Å². The zero-order valence-electron chi connectivity index (χ0n) is 20.3. The maximum atomic E-state index is 13.6. The molecule has 0 unspecified atom stereocenters. The van der Waals surface area contributed by atoms with Gasteiger partial charge in [0.2, 0.25) is 0 Å². The molecule has 8 heteroatoms. The van der Waals surface area contributed by atoms with E-state index in [2.05, 4.69) is 29.2 Å². The molecule has 2 heterocycles. The molecule has 1 fully saturated rings. The van der Waals surface area contributed by atoms with Crippen LogP contribution in [-0.4, -0.2) is 63.1 Å². The fourth-order valence-electron chi connectivity index (χ4n) is 4.39. The van der Waals surface area contributed by atoms with Gasteiger partial charge in [-0.1, -0.05) is 72.8 Å². The van der Waals surface area contributed by atoms with Crippen molar-refractivity contribution in [1.82, 2.24) is 19.6 Å². The Balaban J connectivity index is 1.33. The van der Waals surface area contributed by atoms with Gasteiger partial charge in [-0.25, -0.2) is 4.68 Å². The van der Waals surface area contributed by atoms with Crippen molar-refractivity contribution in [1.29, 1.82) is 0 Å². The predicted octanol–water partition coefficient (Wildman–Crippen LogP) is 4.92. The molecular formula is C29H27N5O3. The lowest BCUT2D eigenvalue weighted by Crippen LogP contribution is -2.49. The van der Waals surface area contributed by atoms with E-state index in [9.17, 15) is 14.9 Å². The van der Waals surface area contributed by atoms with Crippen molar-refractivity contribution in [3.05, 3.63) is 118 Å². The Labute approximate surface area is 215 Å². The van der Waals surface area contributed by atoms with Gasteiger partial charge in [-0.3, -0.25) is 19.8 Å². The van der Waals surface area contributed by atoms with Crippen LogP contribution in [0, 0.1) is 10.1 Å². The molecule has 0 atom stereocenters. The molecule has 0 radical (unpaired) electrons. The van der Waals surface area contributed by atoms with Crippen molar-refractivity contribution in [3.8, 4) is 16.9 Å². The van der Waals surface area contributed by atoms with Gasteiger partial charge in [0.25, 0.3) is 11.6 Å². The van der Waals surface area contributed by atoms with Crippen molar-refractivity contribution < 1.29 is 9.72 Å². The number of nitro groups is 1. The smallest absolute Gasteiger partial charge is 0.272 e. The Kier molecular flexibility index (Phi) is 7.19. The molecule has 8 nitrogen and oxygen atoms in total. The van der Waals surface area contributed by atoms with E-state index in [1.54, 1.807) is 22.9 Å². The molecule has 37 heavy (non-hydrogen) atoms. The van der Waals surface area contributed by atoms with E-state index < -0.39 is 4.92 Å². The Morgan fingerprint density at radius 3 is 2.19 bits per heavy atom. The highest BCUT2D eigenvalue weighted by molar-refractivity contribution is 5.94. The van der Waals surface area contributed by atoms with Gasteiger partial charge >= 0.3 is 0 Å². The normalized spacial score (nSPS) is 14.2. The van der Waals surface area contributed by atoms with Crippen molar-refractivity contribution >= 4 is 17.7 Å². The second-order valence-electron chi connectivity index (χ2n) is 8.87.